The third-order valence-electron chi connectivity index (χ3n) is 4.41. The van der Waals surface area contributed by atoms with Gasteiger partial charge >= 0.3 is 0 Å². The number of anilines is 2. The van der Waals surface area contributed by atoms with Crippen LogP contribution in [0, 0.1) is 17.8 Å². The second-order valence-electron chi connectivity index (χ2n) is 6.73. The molecule has 0 aromatic heterocycles. The molecular weight excluding hydrogens is 260 g/mol. The molecule has 0 heterocycles. The van der Waals surface area contributed by atoms with Gasteiger partial charge in [-0.15, -0.1) is 0 Å². The number of nitrogens with one attached hydrogen (secondary N) is 2. The van der Waals surface area contributed by atoms with Gasteiger partial charge in [-0.25, -0.2) is 0 Å². The molecule has 1 aliphatic carbocycles. The largest absolute Gasteiger partial charge is 0.385 e. The normalized spacial score (nSPS) is 22.1. The molecule has 1 aromatic rings. The van der Waals surface area contributed by atoms with E-state index >= 15 is 0 Å². The molecule has 2 N–H and O–H groups in total. The van der Waals surface area contributed by atoms with Gasteiger partial charge in [-0.3, -0.25) is 4.79 Å². The van der Waals surface area contributed by atoms with Crippen LogP contribution in [0.25, 0.3) is 0 Å². The van der Waals surface area contributed by atoms with Crippen molar-refractivity contribution >= 4 is 17.3 Å². The first-order chi connectivity index (χ1) is 10.0. The lowest BCUT2D eigenvalue weighted by Gasteiger charge is -2.26. The van der Waals surface area contributed by atoms with Crippen molar-refractivity contribution in [2.45, 2.75) is 46.5 Å². The van der Waals surface area contributed by atoms with Crippen LogP contribution >= 0.6 is 0 Å². The van der Waals surface area contributed by atoms with Crippen LogP contribution in [0.2, 0.25) is 0 Å². The van der Waals surface area contributed by atoms with Crippen molar-refractivity contribution in [1.82, 2.24) is 0 Å². The van der Waals surface area contributed by atoms with Crippen molar-refractivity contribution in [1.29, 1.82) is 0 Å². The Bertz CT molecular complexity index is 445. The zero-order valence-corrected chi connectivity index (χ0v) is 13.5. The number of rotatable bonds is 5. The molecule has 1 amide bonds. The summed E-state index contributed by atoms with van der Waals surface area (Å²) >= 11 is 0. The van der Waals surface area contributed by atoms with Crippen molar-refractivity contribution in [2.75, 3.05) is 17.2 Å². The van der Waals surface area contributed by atoms with Gasteiger partial charge in [0.2, 0.25) is 5.91 Å². The lowest BCUT2D eigenvalue weighted by Crippen LogP contribution is -2.20. The van der Waals surface area contributed by atoms with E-state index in [2.05, 4.69) is 17.6 Å². The summed E-state index contributed by atoms with van der Waals surface area (Å²) in [5.74, 6) is 1.79. The molecule has 116 valence electrons. The molecular formula is C18H28N2O. The number of hydrogen-bond donors (Lipinski definition) is 2. The lowest BCUT2D eigenvalue weighted by atomic mass is 9.83. The van der Waals surface area contributed by atoms with E-state index in [1.54, 1.807) is 0 Å². The number of carbonyl (C=O) groups excluding carboxylic acids is 1. The predicted molar refractivity (Wildman–Crippen MR) is 89.5 cm³/mol. The number of amides is 1. The van der Waals surface area contributed by atoms with Crippen LogP contribution in [0.1, 0.15) is 46.5 Å². The van der Waals surface area contributed by atoms with Crippen molar-refractivity contribution < 1.29 is 4.79 Å². The second-order valence-corrected chi connectivity index (χ2v) is 6.73. The molecule has 1 aliphatic rings. The summed E-state index contributed by atoms with van der Waals surface area (Å²) in [6.07, 6.45) is 5.42. The predicted octanol–water partition coefficient (Wildman–Crippen LogP) is 4.52. The highest BCUT2D eigenvalue weighted by Crippen LogP contribution is 2.28. The summed E-state index contributed by atoms with van der Waals surface area (Å²) in [6, 6.07) is 8.01. The highest BCUT2D eigenvalue weighted by Gasteiger charge is 2.17. The van der Waals surface area contributed by atoms with Crippen molar-refractivity contribution in [3.05, 3.63) is 24.3 Å². The molecule has 0 saturated heterocycles. The molecule has 2 rings (SSSR count). The molecule has 0 radical (unpaired) electrons. The standard InChI is InChI=1S/C18H28N2O/c1-13(2)18(21)20-17-10-8-16(9-11-17)19-12-15-6-4-14(3)5-7-15/h8-11,13-15,19H,4-7,12H2,1-3H3,(H,20,21). The van der Waals surface area contributed by atoms with Crippen LogP contribution in [0.15, 0.2) is 24.3 Å². The van der Waals surface area contributed by atoms with Gasteiger partial charge in [-0.2, -0.15) is 0 Å². The molecule has 3 nitrogen and oxygen atoms in total. The minimum atomic E-state index is 0.0106. The number of hydrogen-bond acceptors (Lipinski definition) is 2. The third kappa shape index (κ3) is 5.07. The Kier molecular flexibility index (Phi) is 5.66. The van der Waals surface area contributed by atoms with Crippen molar-refractivity contribution in [2.24, 2.45) is 17.8 Å². The average Bonchev–Trinajstić information content (AvgIpc) is 2.48. The quantitative estimate of drug-likeness (QED) is 0.836. The average molecular weight is 288 g/mol. The molecule has 1 fully saturated rings. The van der Waals surface area contributed by atoms with Crippen molar-refractivity contribution in [3.63, 3.8) is 0 Å². The Morgan fingerprint density at radius 1 is 1.10 bits per heavy atom. The monoisotopic (exact) mass is 288 g/mol. The van der Waals surface area contributed by atoms with Gasteiger partial charge in [-0.05, 0) is 48.9 Å². The highest BCUT2D eigenvalue weighted by molar-refractivity contribution is 5.92. The third-order valence-corrected chi connectivity index (χ3v) is 4.41. The Balaban J connectivity index is 1.78. The zero-order valence-electron chi connectivity index (χ0n) is 13.5. The summed E-state index contributed by atoms with van der Waals surface area (Å²) in [5, 5.41) is 6.43. The van der Waals surface area contributed by atoms with Gasteiger partial charge in [0.15, 0.2) is 0 Å². The summed E-state index contributed by atoms with van der Waals surface area (Å²) in [6.45, 7) is 7.21. The summed E-state index contributed by atoms with van der Waals surface area (Å²) in [7, 11) is 0. The molecule has 1 saturated carbocycles. The fraction of sp³-hybridized carbons (Fsp3) is 0.611. The molecule has 0 bridgehead atoms. The number of benzene rings is 1. The van der Waals surface area contributed by atoms with E-state index in [1.165, 1.54) is 25.7 Å². The molecule has 21 heavy (non-hydrogen) atoms. The molecule has 0 unspecified atom stereocenters. The molecule has 1 aromatic carbocycles. The minimum Gasteiger partial charge on any atom is -0.385 e. The summed E-state index contributed by atoms with van der Waals surface area (Å²) in [4.78, 5) is 11.6. The smallest absolute Gasteiger partial charge is 0.226 e. The van der Waals surface area contributed by atoms with Crippen LogP contribution < -0.4 is 10.6 Å². The van der Waals surface area contributed by atoms with Crippen LogP contribution in [-0.2, 0) is 4.79 Å². The minimum absolute atomic E-state index is 0.0106. The molecule has 0 atom stereocenters. The first-order valence-electron chi connectivity index (χ1n) is 8.19. The molecule has 3 heteroatoms. The van der Waals surface area contributed by atoms with E-state index in [4.69, 9.17) is 0 Å². The lowest BCUT2D eigenvalue weighted by molar-refractivity contribution is -0.118. The van der Waals surface area contributed by atoms with E-state index in [-0.39, 0.29) is 11.8 Å². The first-order valence-corrected chi connectivity index (χ1v) is 8.19. The topological polar surface area (TPSA) is 41.1 Å². The molecule has 0 spiro atoms. The SMILES string of the molecule is CC1CCC(CNc2ccc(NC(=O)C(C)C)cc2)CC1. The summed E-state index contributed by atoms with van der Waals surface area (Å²) in [5.41, 5.74) is 2.00. The molecule has 0 aliphatic heterocycles. The maximum atomic E-state index is 11.6. The van der Waals surface area contributed by atoms with E-state index in [0.29, 0.717) is 0 Å². The summed E-state index contributed by atoms with van der Waals surface area (Å²) < 4.78 is 0. The number of carbonyl (C=O) groups is 1. The Hall–Kier alpha value is -1.51. The van der Waals surface area contributed by atoms with Crippen LogP contribution in [-0.4, -0.2) is 12.5 Å². The van der Waals surface area contributed by atoms with Gasteiger partial charge in [0.1, 0.15) is 0 Å². The van der Waals surface area contributed by atoms with Gasteiger partial charge in [0.05, 0.1) is 0 Å². The van der Waals surface area contributed by atoms with Gasteiger partial charge in [0.25, 0.3) is 0 Å². The van der Waals surface area contributed by atoms with E-state index in [1.807, 2.05) is 38.1 Å². The second kappa shape index (κ2) is 7.48. The van der Waals surface area contributed by atoms with Crippen LogP contribution in [0.5, 0.6) is 0 Å². The van der Waals surface area contributed by atoms with Crippen LogP contribution in [0.4, 0.5) is 11.4 Å². The zero-order chi connectivity index (χ0) is 15.2. The maximum absolute atomic E-state index is 11.6. The Morgan fingerprint density at radius 2 is 1.67 bits per heavy atom. The fourth-order valence-electron chi connectivity index (χ4n) is 2.75. The fourth-order valence-corrected chi connectivity index (χ4v) is 2.75. The maximum Gasteiger partial charge on any atom is 0.226 e. The van der Waals surface area contributed by atoms with Gasteiger partial charge < -0.3 is 10.6 Å². The van der Waals surface area contributed by atoms with Crippen LogP contribution in [0.3, 0.4) is 0 Å². The highest BCUT2D eigenvalue weighted by atomic mass is 16.1. The van der Waals surface area contributed by atoms with E-state index in [9.17, 15) is 4.79 Å². The Labute approximate surface area is 128 Å². The van der Waals surface area contributed by atoms with E-state index < -0.39 is 0 Å². The Morgan fingerprint density at radius 3 is 2.24 bits per heavy atom. The van der Waals surface area contributed by atoms with Crippen molar-refractivity contribution in [3.8, 4) is 0 Å². The van der Waals surface area contributed by atoms with E-state index in [0.717, 1.165) is 29.8 Å². The first kappa shape index (κ1) is 15.9. The van der Waals surface area contributed by atoms with Gasteiger partial charge in [0, 0.05) is 23.8 Å². The van der Waals surface area contributed by atoms with Gasteiger partial charge in [-0.1, -0.05) is 33.6 Å².